The number of rotatable bonds is 5. The van der Waals surface area contributed by atoms with Crippen LogP contribution in [0.1, 0.15) is 16.1 Å². The van der Waals surface area contributed by atoms with Crippen LogP contribution in [0.2, 0.25) is 5.02 Å². The molecular weight excluding hydrogens is 334 g/mol. The minimum Gasteiger partial charge on any atom is -0.347 e. The third-order valence-corrected chi connectivity index (χ3v) is 4.28. The number of hydrogen-bond donors (Lipinski definition) is 1. The van der Waals surface area contributed by atoms with Crippen LogP contribution < -0.4 is 10.2 Å². The molecule has 1 N–H and O–H groups in total. The van der Waals surface area contributed by atoms with Gasteiger partial charge in [0.15, 0.2) is 0 Å². The van der Waals surface area contributed by atoms with Gasteiger partial charge in [-0.1, -0.05) is 48.0 Å². The fourth-order valence-electron chi connectivity index (χ4n) is 2.43. The van der Waals surface area contributed by atoms with Gasteiger partial charge in [0, 0.05) is 24.3 Å². The van der Waals surface area contributed by atoms with Gasteiger partial charge >= 0.3 is 0 Å². The molecule has 3 rings (SSSR count). The molecule has 0 atom stereocenters. The van der Waals surface area contributed by atoms with Gasteiger partial charge in [-0.25, -0.2) is 4.98 Å². The van der Waals surface area contributed by atoms with E-state index in [1.54, 1.807) is 18.3 Å². The van der Waals surface area contributed by atoms with Gasteiger partial charge in [0.05, 0.1) is 11.9 Å². The smallest absolute Gasteiger partial charge is 0.270 e. The van der Waals surface area contributed by atoms with Crippen molar-refractivity contribution in [3.05, 3.63) is 89.2 Å². The molecule has 0 saturated carbocycles. The maximum atomic E-state index is 12.3. The van der Waals surface area contributed by atoms with Crippen LogP contribution in [-0.4, -0.2) is 17.9 Å². The van der Waals surface area contributed by atoms with Crippen LogP contribution in [0.25, 0.3) is 0 Å². The Kier molecular flexibility index (Phi) is 5.31. The van der Waals surface area contributed by atoms with Crippen molar-refractivity contribution < 1.29 is 4.79 Å². The first-order valence-corrected chi connectivity index (χ1v) is 8.29. The quantitative estimate of drug-likeness (QED) is 0.739. The highest BCUT2D eigenvalue weighted by Crippen LogP contribution is 2.22. The van der Waals surface area contributed by atoms with Crippen molar-refractivity contribution in [1.82, 2.24) is 10.3 Å². The standard InChI is InChI=1S/C20H18ClN3O/c1-24(16-8-3-2-4-9-16)17-11-12-19(22-14-17)20(25)23-13-15-7-5-6-10-18(15)21/h2-12,14H,13H2,1H3,(H,23,25). The van der Waals surface area contributed by atoms with E-state index < -0.39 is 0 Å². The van der Waals surface area contributed by atoms with Gasteiger partial charge < -0.3 is 10.2 Å². The van der Waals surface area contributed by atoms with Gasteiger partial charge in [-0.3, -0.25) is 4.79 Å². The number of para-hydroxylation sites is 1. The van der Waals surface area contributed by atoms with Crippen molar-refractivity contribution in [3.8, 4) is 0 Å². The predicted molar refractivity (Wildman–Crippen MR) is 101 cm³/mol. The van der Waals surface area contributed by atoms with Gasteiger partial charge in [-0.2, -0.15) is 0 Å². The van der Waals surface area contributed by atoms with Crippen LogP contribution in [-0.2, 0) is 6.54 Å². The molecule has 0 aliphatic heterocycles. The zero-order chi connectivity index (χ0) is 17.6. The molecular formula is C20H18ClN3O. The van der Waals surface area contributed by atoms with Crippen LogP contribution in [0.4, 0.5) is 11.4 Å². The summed E-state index contributed by atoms with van der Waals surface area (Å²) in [4.78, 5) is 18.5. The van der Waals surface area contributed by atoms with Crippen LogP contribution in [0.3, 0.4) is 0 Å². The molecule has 126 valence electrons. The first kappa shape index (κ1) is 17.0. The van der Waals surface area contributed by atoms with Crippen molar-refractivity contribution in [1.29, 1.82) is 0 Å². The third-order valence-electron chi connectivity index (χ3n) is 3.91. The summed E-state index contributed by atoms with van der Waals surface area (Å²) in [5, 5.41) is 3.47. The minimum atomic E-state index is -0.228. The van der Waals surface area contributed by atoms with Gasteiger partial charge in [-0.15, -0.1) is 0 Å². The number of nitrogens with zero attached hydrogens (tertiary/aromatic N) is 2. The second kappa shape index (κ2) is 7.81. The minimum absolute atomic E-state index is 0.228. The predicted octanol–water partition coefficient (Wildman–Crippen LogP) is 4.43. The van der Waals surface area contributed by atoms with Crippen molar-refractivity contribution in [3.63, 3.8) is 0 Å². The Morgan fingerprint density at radius 2 is 1.72 bits per heavy atom. The SMILES string of the molecule is CN(c1ccccc1)c1ccc(C(=O)NCc2ccccc2Cl)nc1. The molecule has 4 nitrogen and oxygen atoms in total. The van der Waals surface area contributed by atoms with Crippen molar-refractivity contribution in [2.24, 2.45) is 0 Å². The van der Waals surface area contributed by atoms with E-state index in [1.807, 2.05) is 66.5 Å². The lowest BCUT2D eigenvalue weighted by Crippen LogP contribution is -2.24. The number of halogens is 1. The first-order chi connectivity index (χ1) is 12.1. The normalized spacial score (nSPS) is 10.3. The molecule has 0 aliphatic rings. The van der Waals surface area contributed by atoms with E-state index in [4.69, 9.17) is 11.6 Å². The Morgan fingerprint density at radius 3 is 2.40 bits per heavy atom. The van der Waals surface area contributed by atoms with Crippen LogP contribution in [0.15, 0.2) is 72.9 Å². The van der Waals surface area contributed by atoms with Gasteiger partial charge in [0.25, 0.3) is 5.91 Å². The molecule has 1 amide bonds. The zero-order valence-corrected chi connectivity index (χ0v) is 14.6. The van der Waals surface area contributed by atoms with E-state index in [0.29, 0.717) is 17.3 Å². The second-order valence-corrected chi connectivity index (χ2v) is 5.98. The molecule has 0 aliphatic carbocycles. The van der Waals surface area contributed by atoms with Gasteiger partial charge in [0.1, 0.15) is 5.69 Å². The largest absolute Gasteiger partial charge is 0.347 e. The Labute approximate surface area is 152 Å². The molecule has 1 heterocycles. The Morgan fingerprint density at radius 1 is 1.00 bits per heavy atom. The molecule has 25 heavy (non-hydrogen) atoms. The molecule has 1 aromatic heterocycles. The van der Waals surface area contributed by atoms with Crippen molar-refractivity contribution in [2.45, 2.75) is 6.54 Å². The van der Waals surface area contributed by atoms with Crippen molar-refractivity contribution >= 4 is 28.9 Å². The lowest BCUT2D eigenvalue weighted by molar-refractivity contribution is 0.0946. The summed E-state index contributed by atoms with van der Waals surface area (Å²) < 4.78 is 0. The Bertz CT molecular complexity index is 850. The molecule has 0 radical (unpaired) electrons. The van der Waals surface area contributed by atoms with E-state index in [0.717, 1.165) is 16.9 Å². The number of anilines is 2. The number of carbonyl (C=O) groups is 1. The summed E-state index contributed by atoms with van der Waals surface area (Å²) in [5.74, 6) is -0.228. The lowest BCUT2D eigenvalue weighted by Gasteiger charge is -2.19. The number of amides is 1. The third kappa shape index (κ3) is 4.17. The number of pyridine rings is 1. The molecule has 0 fully saturated rings. The molecule has 0 unspecified atom stereocenters. The van der Waals surface area contributed by atoms with E-state index in [2.05, 4.69) is 10.3 Å². The molecule has 0 bridgehead atoms. The Hall–Kier alpha value is -2.85. The second-order valence-electron chi connectivity index (χ2n) is 5.57. The zero-order valence-electron chi connectivity index (χ0n) is 13.8. The van der Waals surface area contributed by atoms with E-state index in [-0.39, 0.29) is 5.91 Å². The summed E-state index contributed by atoms with van der Waals surface area (Å²) >= 11 is 6.10. The molecule has 3 aromatic rings. The number of carbonyl (C=O) groups excluding carboxylic acids is 1. The Balaban J connectivity index is 1.65. The van der Waals surface area contributed by atoms with E-state index in [9.17, 15) is 4.79 Å². The summed E-state index contributed by atoms with van der Waals surface area (Å²) in [6.07, 6.45) is 1.69. The number of aromatic nitrogens is 1. The number of benzene rings is 2. The number of nitrogens with one attached hydrogen (secondary N) is 1. The van der Waals surface area contributed by atoms with Crippen molar-refractivity contribution in [2.75, 3.05) is 11.9 Å². The fraction of sp³-hybridized carbons (Fsp3) is 0.100. The highest BCUT2D eigenvalue weighted by molar-refractivity contribution is 6.31. The molecule has 0 spiro atoms. The molecule has 0 saturated heterocycles. The van der Waals surface area contributed by atoms with Gasteiger partial charge in [0.2, 0.25) is 0 Å². The monoisotopic (exact) mass is 351 g/mol. The molecule has 2 aromatic carbocycles. The van der Waals surface area contributed by atoms with Crippen LogP contribution in [0.5, 0.6) is 0 Å². The molecule has 5 heteroatoms. The maximum absolute atomic E-state index is 12.3. The average Bonchev–Trinajstić information content (AvgIpc) is 2.67. The summed E-state index contributed by atoms with van der Waals surface area (Å²) in [6.45, 7) is 0.367. The highest BCUT2D eigenvalue weighted by Gasteiger charge is 2.10. The van der Waals surface area contributed by atoms with E-state index in [1.165, 1.54) is 0 Å². The summed E-state index contributed by atoms with van der Waals surface area (Å²) in [6, 6.07) is 21.0. The lowest BCUT2D eigenvalue weighted by atomic mass is 10.2. The maximum Gasteiger partial charge on any atom is 0.270 e. The summed E-state index contributed by atoms with van der Waals surface area (Å²) in [5.41, 5.74) is 3.21. The summed E-state index contributed by atoms with van der Waals surface area (Å²) in [7, 11) is 1.96. The van der Waals surface area contributed by atoms with Gasteiger partial charge in [-0.05, 0) is 35.9 Å². The topological polar surface area (TPSA) is 45.2 Å². The number of hydrogen-bond acceptors (Lipinski definition) is 3. The van der Waals surface area contributed by atoms with E-state index >= 15 is 0 Å². The highest BCUT2D eigenvalue weighted by atomic mass is 35.5. The fourth-order valence-corrected chi connectivity index (χ4v) is 2.63. The average molecular weight is 352 g/mol. The van der Waals surface area contributed by atoms with Crippen LogP contribution in [0, 0.1) is 0 Å². The first-order valence-electron chi connectivity index (χ1n) is 7.91. The van der Waals surface area contributed by atoms with Crippen LogP contribution >= 0.6 is 11.6 Å².